The molecular formula is C15H23N3O3. The number of carbonyl (C=O) groups excluding carboxylic acids is 1. The monoisotopic (exact) mass is 293 g/mol. The van der Waals surface area contributed by atoms with Gasteiger partial charge in [-0.25, -0.2) is 0 Å². The van der Waals surface area contributed by atoms with E-state index in [1.807, 2.05) is 20.8 Å². The van der Waals surface area contributed by atoms with Crippen molar-refractivity contribution in [1.82, 2.24) is 4.90 Å². The van der Waals surface area contributed by atoms with Crippen molar-refractivity contribution in [2.24, 2.45) is 0 Å². The van der Waals surface area contributed by atoms with Gasteiger partial charge in [-0.2, -0.15) is 0 Å². The third kappa shape index (κ3) is 4.18. The van der Waals surface area contributed by atoms with Crippen LogP contribution in [0.5, 0.6) is 0 Å². The number of hydrogen-bond donors (Lipinski definition) is 1. The predicted molar refractivity (Wildman–Crippen MR) is 83.7 cm³/mol. The van der Waals surface area contributed by atoms with Gasteiger partial charge in [0, 0.05) is 25.7 Å². The van der Waals surface area contributed by atoms with Crippen LogP contribution in [0.15, 0.2) is 18.2 Å². The lowest BCUT2D eigenvalue weighted by Gasteiger charge is -2.22. The van der Waals surface area contributed by atoms with Crippen molar-refractivity contribution in [2.75, 3.05) is 25.0 Å². The first-order valence-corrected chi connectivity index (χ1v) is 7.37. The third-order valence-corrected chi connectivity index (χ3v) is 3.10. The van der Waals surface area contributed by atoms with Crippen molar-refractivity contribution in [3.8, 4) is 0 Å². The lowest BCUT2D eigenvalue weighted by molar-refractivity contribution is -0.384. The number of benzene rings is 1. The Labute approximate surface area is 125 Å². The summed E-state index contributed by atoms with van der Waals surface area (Å²) in [4.78, 5) is 25.1. The number of nitro benzene ring substituents is 1. The van der Waals surface area contributed by atoms with E-state index in [0.29, 0.717) is 30.9 Å². The van der Waals surface area contributed by atoms with Gasteiger partial charge in [-0.15, -0.1) is 0 Å². The van der Waals surface area contributed by atoms with E-state index < -0.39 is 4.92 Å². The Bertz CT molecular complexity index is 497. The second-order valence-corrected chi connectivity index (χ2v) is 4.78. The quantitative estimate of drug-likeness (QED) is 0.589. The van der Waals surface area contributed by atoms with Crippen LogP contribution in [0.2, 0.25) is 0 Å². The number of anilines is 1. The minimum atomic E-state index is -0.460. The van der Waals surface area contributed by atoms with Gasteiger partial charge >= 0.3 is 0 Å². The molecule has 0 heterocycles. The molecule has 1 aromatic rings. The number of nitrogens with zero attached hydrogens (tertiary/aromatic N) is 2. The van der Waals surface area contributed by atoms with Crippen LogP contribution < -0.4 is 5.32 Å². The molecule has 6 heteroatoms. The van der Waals surface area contributed by atoms with E-state index in [4.69, 9.17) is 0 Å². The third-order valence-electron chi connectivity index (χ3n) is 3.10. The summed E-state index contributed by atoms with van der Waals surface area (Å²) in [5, 5.41) is 14.1. The predicted octanol–water partition coefficient (Wildman–Crippen LogP) is 3.29. The fourth-order valence-corrected chi connectivity index (χ4v) is 2.26. The lowest BCUT2D eigenvalue weighted by atomic mass is 10.1. The molecule has 0 radical (unpaired) electrons. The maximum atomic E-state index is 12.7. The Morgan fingerprint density at radius 2 is 1.86 bits per heavy atom. The highest BCUT2D eigenvalue weighted by Gasteiger charge is 2.24. The summed E-state index contributed by atoms with van der Waals surface area (Å²) in [6.07, 6.45) is 1.72. The fraction of sp³-hybridized carbons (Fsp3) is 0.533. The molecule has 0 saturated carbocycles. The van der Waals surface area contributed by atoms with Gasteiger partial charge in [-0.1, -0.05) is 19.9 Å². The van der Waals surface area contributed by atoms with Crippen LogP contribution in [0.25, 0.3) is 0 Å². The normalized spacial score (nSPS) is 10.2. The fourth-order valence-electron chi connectivity index (χ4n) is 2.26. The highest BCUT2D eigenvalue weighted by molar-refractivity contribution is 6.01. The molecule has 0 fully saturated rings. The minimum Gasteiger partial charge on any atom is -0.379 e. The Hall–Kier alpha value is -2.11. The highest BCUT2D eigenvalue weighted by Crippen LogP contribution is 2.29. The number of rotatable bonds is 8. The number of amides is 1. The van der Waals surface area contributed by atoms with Crippen molar-refractivity contribution in [3.63, 3.8) is 0 Å². The highest BCUT2D eigenvalue weighted by atomic mass is 16.6. The molecule has 0 aromatic heterocycles. The molecule has 6 nitrogen and oxygen atoms in total. The SMILES string of the molecule is CCCN(CCC)C(=O)c1cccc([N+](=O)[O-])c1NCC. The summed E-state index contributed by atoms with van der Waals surface area (Å²) in [5.41, 5.74) is 0.621. The maximum Gasteiger partial charge on any atom is 0.293 e. The molecule has 0 atom stereocenters. The molecule has 1 aromatic carbocycles. The first-order valence-electron chi connectivity index (χ1n) is 7.37. The molecule has 0 saturated heterocycles. The Morgan fingerprint density at radius 1 is 1.24 bits per heavy atom. The molecule has 0 bridgehead atoms. The van der Waals surface area contributed by atoms with E-state index in [0.717, 1.165) is 12.8 Å². The van der Waals surface area contributed by atoms with Gasteiger partial charge < -0.3 is 10.2 Å². The van der Waals surface area contributed by atoms with Gasteiger partial charge in [0.25, 0.3) is 11.6 Å². The smallest absolute Gasteiger partial charge is 0.293 e. The zero-order valence-electron chi connectivity index (χ0n) is 12.9. The molecule has 1 amide bonds. The van der Waals surface area contributed by atoms with Crippen LogP contribution in [-0.2, 0) is 0 Å². The molecule has 0 aliphatic carbocycles. The summed E-state index contributed by atoms with van der Waals surface area (Å²) in [6, 6.07) is 4.62. The van der Waals surface area contributed by atoms with Crippen LogP contribution in [0.1, 0.15) is 44.0 Å². The van der Waals surface area contributed by atoms with E-state index in [-0.39, 0.29) is 11.6 Å². The number of hydrogen-bond acceptors (Lipinski definition) is 4. The van der Waals surface area contributed by atoms with E-state index in [1.165, 1.54) is 6.07 Å². The molecule has 0 unspecified atom stereocenters. The summed E-state index contributed by atoms with van der Waals surface area (Å²) in [6.45, 7) is 7.69. The number of para-hydroxylation sites is 1. The number of nitrogens with one attached hydrogen (secondary N) is 1. The molecule has 116 valence electrons. The van der Waals surface area contributed by atoms with Gasteiger partial charge in [0.2, 0.25) is 0 Å². The zero-order valence-corrected chi connectivity index (χ0v) is 12.9. The summed E-state index contributed by atoms with van der Waals surface area (Å²) >= 11 is 0. The standard InChI is InChI=1S/C15H23N3O3/c1-4-10-17(11-5-2)15(19)12-8-7-9-13(18(20)21)14(12)16-6-3/h7-9,16H,4-6,10-11H2,1-3H3. The second-order valence-electron chi connectivity index (χ2n) is 4.78. The Morgan fingerprint density at radius 3 is 2.33 bits per heavy atom. The molecule has 1 N–H and O–H groups in total. The molecule has 1 rings (SSSR count). The second kappa shape index (κ2) is 8.24. The van der Waals surface area contributed by atoms with Gasteiger partial charge in [-0.3, -0.25) is 14.9 Å². The van der Waals surface area contributed by atoms with Crippen molar-refractivity contribution in [2.45, 2.75) is 33.6 Å². The summed E-state index contributed by atoms with van der Waals surface area (Å²) in [5.74, 6) is -0.154. The van der Waals surface area contributed by atoms with Crippen LogP contribution in [0.4, 0.5) is 11.4 Å². The van der Waals surface area contributed by atoms with Crippen LogP contribution in [-0.4, -0.2) is 35.4 Å². The number of carbonyl (C=O) groups is 1. The zero-order chi connectivity index (χ0) is 15.8. The molecule has 0 aliphatic heterocycles. The maximum absolute atomic E-state index is 12.7. The van der Waals surface area contributed by atoms with Crippen molar-refractivity contribution in [1.29, 1.82) is 0 Å². The van der Waals surface area contributed by atoms with Crippen LogP contribution in [0, 0.1) is 10.1 Å². The van der Waals surface area contributed by atoms with Gasteiger partial charge in [0.1, 0.15) is 5.69 Å². The largest absolute Gasteiger partial charge is 0.379 e. The van der Waals surface area contributed by atoms with E-state index >= 15 is 0 Å². The Kier molecular flexibility index (Phi) is 6.65. The topological polar surface area (TPSA) is 75.5 Å². The lowest BCUT2D eigenvalue weighted by Crippen LogP contribution is -2.33. The average Bonchev–Trinajstić information content (AvgIpc) is 2.46. The average molecular weight is 293 g/mol. The molecule has 0 aliphatic rings. The van der Waals surface area contributed by atoms with Gasteiger partial charge in [0.15, 0.2) is 0 Å². The van der Waals surface area contributed by atoms with E-state index in [1.54, 1.807) is 17.0 Å². The summed E-state index contributed by atoms with van der Waals surface area (Å²) in [7, 11) is 0. The van der Waals surface area contributed by atoms with E-state index in [9.17, 15) is 14.9 Å². The van der Waals surface area contributed by atoms with Crippen molar-refractivity contribution < 1.29 is 9.72 Å². The molecular weight excluding hydrogens is 270 g/mol. The van der Waals surface area contributed by atoms with Crippen molar-refractivity contribution in [3.05, 3.63) is 33.9 Å². The first-order chi connectivity index (χ1) is 10.1. The summed E-state index contributed by atoms with van der Waals surface area (Å²) < 4.78 is 0. The van der Waals surface area contributed by atoms with Crippen LogP contribution >= 0.6 is 0 Å². The molecule has 21 heavy (non-hydrogen) atoms. The first kappa shape index (κ1) is 16.9. The molecule has 0 spiro atoms. The number of nitro groups is 1. The van der Waals surface area contributed by atoms with Crippen molar-refractivity contribution >= 4 is 17.3 Å². The van der Waals surface area contributed by atoms with Crippen LogP contribution in [0.3, 0.4) is 0 Å². The van der Waals surface area contributed by atoms with E-state index in [2.05, 4.69) is 5.32 Å². The van der Waals surface area contributed by atoms with Gasteiger partial charge in [0.05, 0.1) is 10.5 Å². The minimum absolute atomic E-state index is 0.0596. The Balaban J connectivity index is 3.23. The van der Waals surface area contributed by atoms with Gasteiger partial charge in [-0.05, 0) is 25.8 Å².